The Morgan fingerprint density at radius 3 is 2.74 bits per heavy atom. The van der Waals surface area contributed by atoms with Crippen molar-refractivity contribution in [2.24, 2.45) is 5.41 Å². The van der Waals surface area contributed by atoms with E-state index in [2.05, 4.69) is 10.6 Å². The van der Waals surface area contributed by atoms with Crippen molar-refractivity contribution in [2.75, 3.05) is 13.6 Å². The molecular formula is C14H18FN3O. The maximum atomic E-state index is 13.8. The Morgan fingerprint density at radius 1 is 1.47 bits per heavy atom. The normalized spacial score (nSPS) is 10.9. The highest BCUT2D eigenvalue weighted by atomic mass is 19.1. The fourth-order valence-electron chi connectivity index (χ4n) is 1.73. The van der Waals surface area contributed by atoms with E-state index in [-0.39, 0.29) is 18.0 Å². The molecule has 4 nitrogen and oxygen atoms in total. The van der Waals surface area contributed by atoms with Crippen molar-refractivity contribution in [3.63, 3.8) is 0 Å². The largest absolute Gasteiger partial charge is 0.359 e. The van der Waals surface area contributed by atoms with E-state index in [9.17, 15) is 9.18 Å². The number of nitrogens with one attached hydrogen (secondary N) is 2. The van der Waals surface area contributed by atoms with Gasteiger partial charge in [-0.3, -0.25) is 4.79 Å². The first-order valence-corrected chi connectivity index (χ1v) is 6.02. The summed E-state index contributed by atoms with van der Waals surface area (Å²) in [5.41, 5.74) is -0.116. The Morgan fingerprint density at radius 2 is 2.16 bits per heavy atom. The third-order valence-electron chi connectivity index (χ3n) is 2.92. The van der Waals surface area contributed by atoms with Crippen molar-refractivity contribution in [3.05, 3.63) is 35.1 Å². The van der Waals surface area contributed by atoms with E-state index in [1.54, 1.807) is 39.1 Å². The summed E-state index contributed by atoms with van der Waals surface area (Å²) in [5.74, 6) is -0.582. The average molecular weight is 263 g/mol. The molecule has 102 valence electrons. The molecule has 1 rings (SSSR count). The summed E-state index contributed by atoms with van der Waals surface area (Å²) >= 11 is 0. The van der Waals surface area contributed by atoms with Crippen LogP contribution in [0.4, 0.5) is 4.39 Å². The molecule has 0 saturated heterocycles. The van der Waals surface area contributed by atoms with E-state index >= 15 is 0 Å². The van der Waals surface area contributed by atoms with Crippen molar-refractivity contribution in [1.29, 1.82) is 5.26 Å². The predicted octanol–water partition coefficient (Wildman–Crippen LogP) is 1.56. The highest BCUT2D eigenvalue weighted by Gasteiger charge is 2.25. The summed E-state index contributed by atoms with van der Waals surface area (Å²) in [6.45, 7) is 4.31. The summed E-state index contributed by atoms with van der Waals surface area (Å²) in [5, 5.41) is 14.4. The van der Waals surface area contributed by atoms with Gasteiger partial charge in [-0.05, 0) is 19.9 Å². The third kappa shape index (κ3) is 3.76. The Labute approximate surface area is 112 Å². The Hall–Kier alpha value is -1.93. The van der Waals surface area contributed by atoms with Gasteiger partial charge >= 0.3 is 0 Å². The first-order valence-electron chi connectivity index (χ1n) is 6.02. The number of nitriles is 1. The molecule has 1 aromatic carbocycles. The lowest BCUT2D eigenvalue weighted by atomic mass is 9.92. The van der Waals surface area contributed by atoms with Crippen LogP contribution in [-0.2, 0) is 11.3 Å². The Bertz CT molecular complexity index is 506. The van der Waals surface area contributed by atoms with Crippen LogP contribution in [0.1, 0.15) is 25.0 Å². The van der Waals surface area contributed by atoms with Crippen LogP contribution in [0.25, 0.3) is 0 Å². The molecule has 0 unspecified atom stereocenters. The molecule has 0 heterocycles. The minimum atomic E-state index is -0.571. The van der Waals surface area contributed by atoms with Gasteiger partial charge in [0.15, 0.2) is 0 Å². The van der Waals surface area contributed by atoms with E-state index in [4.69, 9.17) is 5.26 Å². The number of benzene rings is 1. The second-order valence-corrected chi connectivity index (χ2v) is 4.96. The van der Waals surface area contributed by atoms with E-state index in [0.29, 0.717) is 12.1 Å². The van der Waals surface area contributed by atoms with Gasteiger partial charge in [0.2, 0.25) is 5.91 Å². The molecule has 0 spiro atoms. The molecule has 0 bridgehead atoms. The number of carbonyl (C=O) groups is 1. The number of rotatable bonds is 5. The Kier molecular flexibility index (Phi) is 5.02. The van der Waals surface area contributed by atoms with Crippen molar-refractivity contribution in [2.45, 2.75) is 20.4 Å². The molecule has 0 atom stereocenters. The molecule has 1 amide bonds. The monoisotopic (exact) mass is 263 g/mol. The van der Waals surface area contributed by atoms with Gasteiger partial charge in [-0.15, -0.1) is 0 Å². The number of nitrogens with zero attached hydrogens (tertiary/aromatic N) is 1. The SMILES string of the molecule is CNC(=O)C(C)(C)CNCc1cccc(C#N)c1F. The fraction of sp³-hybridized carbons (Fsp3) is 0.429. The van der Waals surface area contributed by atoms with E-state index in [0.717, 1.165) is 0 Å². The molecule has 19 heavy (non-hydrogen) atoms. The summed E-state index contributed by atoms with van der Waals surface area (Å²) in [6.07, 6.45) is 0. The molecule has 0 radical (unpaired) electrons. The van der Waals surface area contributed by atoms with E-state index in [1.807, 2.05) is 0 Å². The number of hydrogen-bond donors (Lipinski definition) is 2. The molecular weight excluding hydrogens is 245 g/mol. The van der Waals surface area contributed by atoms with Crippen LogP contribution in [0.3, 0.4) is 0 Å². The average Bonchev–Trinajstić information content (AvgIpc) is 2.39. The zero-order valence-corrected chi connectivity index (χ0v) is 11.4. The molecule has 0 saturated carbocycles. The van der Waals surface area contributed by atoms with Crippen LogP contribution in [0.2, 0.25) is 0 Å². The second kappa shape index (κ2) is 6.30. The predicted molar refractivity (Wildman–Crippen MR) is 70.7 cm³/mol. The van der Waals surface area contributed by atoms with Crippen molar-refractivity contribution in [3.8, 4) is 6.07 Å². The van der Waals surface area contributed by atoms with E-state index in [1.165, 1.54) is 6.07 Å². The quantitative estimate of drug-likeness (QED) is 0.847. The lowest BCUT2D eigenvalue weighted by Gasteiger charge is -2.23. The zero-order valence-electron chi connectivity index (χ0n) is 11.4. The molecule has 0 aromatic heterocycles. The molecule has 5 heteroatoms. The van der Waals surface area contributed by atoms with Crippen LogP contribution in [-0.4, -0.2) is 19.5 Å². The smallest absolute Gasteiger partial charge is 0.226 e. The molecule has 2 N–H and O–H groups in total. The number of carbonyl (C=O) groups excluding carboxylic acids is 1. The maximum Gasteiger partial charge on any atom is 0.226 e. The van der Waals surface area contributed by atoms with Crippen LogP contribution in [0, 0.1) is 22.6 Å². The van der Waals surface area contributed by atoms with Gasteiger partial charge < -0.3 is 10.6 Å². The lowest BCUT2D eigenvalue weighted by molar-refractivity contribution is -0.128. The van der Waals surface area contributed by atoms with Crippen molar-refractivity contribution >= 4 is 5.91 Å². The summed E-state index contributed by atoms with van der Waals surface area (Å²) in [7, 11) is 1.58. The lowest BCUT2D eigenvalue weighted by Crippen LogP contribution is -2.41. The molecule has 1 aromatic rings. The molecule has 0 fully saturated rings. The maximum absolute atomic E-state index is 13.8. The van der Waals surface area contributed by atoms with Crippen LogP contribution in [0.5, 0.6) is 0 Å². The summed E-state index contributed by atoms with van der Waals surface area (Å²) < 4.78 is 13.8. The van der Waals surface area contributed by atoms with E-state index < -0.39 is 11.2 Å². The first-order chi connectivity index (χ1) is 8.92. The minimum absolute atomic E-state index is 0.0323. The summed E-state index contributed by atoms with van der Waals surface area (Å²) in [4.78, 5) is 11.6. The Balaban J connectivity index is 2.64. The first kappa shape index (κ1) is 15.1. The summed E-state index contributed by atoms with van der Waals surface area (Å²) in [6, 6.07) is 6.50. The van der Waals surface area contributed by atoms with Gasteiger partial charge in [-0.2, -0.15) is 5.26 Å². The standard InChI is InChI=1S/C14H18FN3O/c1-14(2,13(19)17-3)9-18-8-11-6-4-5-10(7-16)12(11)15/h4-6,18H,8-9H2,1-3H3,(H,17,19). The van der Waals surface area contributed by atoms with Crippen LogP contribution in [0.15, 0.2) is 18.2 Å². The molecule has 0 aliphatic heterocycles. The fourth-order valence-corrected chi connectivity index (χ4v) is 1.73. The molecule has 0 aliphatic carbocycles. The topological polar surface area (TPSA) is 64.9 Å². The van der Waals surface area contributed by atoms with Gasteiger partial charge in [-0.1, -0.05) is 12.1 Å². The van der Waals surface area contributed by atoms with Crippen molar-refractivity contribution in [1.82, 2.24) is 10.6 Å². The number of amides is 1. The number of hydrogen-bond acceptors (Lipinski definition) is 3. The van der Waals surface area contributed by atoms with Gasteiger partial charge in [0.25, 0.3) is 0 Å². The van der Waals surface area contributed by atoms with Gasteiger partial charge in [-0.25, -0.2) is 4.39 Å². The minimum Gasteiger partial charge on any atom is -0.359 e. The van der Waals surface area contributed by atoms with Gasteiger partial charge in [0.05, 0.1) is 11.0 Å². The van der Waals surface area contributed by atoms with Crippen molar-refractivity contribution < 1.29 is 9.18 Å². The van der Waals surface area contributed by atoms with Crippen LogP contribution < -0.4 is 10.6 Å². The number of halogens is 1. The third-order valence-corrected chi connectivity index (χ3v) is 2.92. The van der Waals surface area contributed by atoms with Gasteiger partial charge in [0.1, 0.15) is 11.9 Å². The van der Waals surface area contributed by atoms with Crippen LogP contribution >= 0.6 is 0 Å². The second-order valence-electron chi connectivity index (χ2n) is 4.96. The highest BCUT2D eigenvalue weighted by Crippen LogP contribution is 2.15. The zero-order chi connectivity index (χ0) is 14.5. The van der Waals surface area contributed by atoms with Gasteiger partial charge in [0, 0.05) is 25.7 Å². The molecule has 0 aliphatic rings. The highest BCUT2D eigenvalue weighted by molar-refractivity contribution is 5.81.